The predicted octanol–water partition coefficient (Wildman–Crippen LogP) is 7.16. The van der Waals surface area contributed by atoms with Crippen LogP contribution in [0.15, 0.2) is 97.4 Å². The number of ether oxygens (including phenoxy) is 3. The molecule has 16 heteroatoms. The molecular formula is C49H54N8O8. The first kappa shape index (κ1) is 43.5. The van der Waals surface area contributed by atoms with Gasteiger partial charge in [-0.2, -0.15) is 0 Å². The zero-order chi connectivity index (χ0) is 45.2. The van der Waals surface area contributed by atoms with Gasteiger partial charge in [0.2, 0.25) is 11.8 Å². The topological polar surface area (TPSA) is 204 Å². The quantitative estimate of drug-likeness (QED) is 0.0847. The van der Waals surface area contributed by atoms with Gasteiger partial charge in [-0.05, 0) is 84.4 Å². The average molecular weight is 883 g/mol. The van der Waals surface area contributed by atoms with E-state index in [4.69, 9.17) is 24.2 Å². The molecule has 0 saturated carbocycles. The fourth-order valence-electron chi connectivity index (χ4n) is 9.82. The number of hydrogen-bond acceptors (Lipinski definition) is 9. The monoisotopic (exact) mass is 882 g/mol. The van der Waals surface area contributed by atoms with Crippen LogP contribution in [0.3, 0.4) is 0 Å². The number of carbonyl (C=O) groups is 4. The number of nitrogens with one attached hydrogen (secondary N) is 4. The molecule has 2 unspecified atom stereocenters. The highest BCUT2D eigenvalue weighted by Gasteiger charge is 2.42. The van der Waals surface area contributed by atoms with Crippen molar-refractivity contribution in [3.8, 4) is 33.6 Å². The van der Waals surface area contributed by atoms with E-state index in [0.29, 0.717) is 89.7 Å². The summed E-state index contributed by atoms with van der Waals surface area (Å²) >= 11 is 0. The number of methoxy groups -OCH3 is 1. The van der Waals surface area contributed by atoms with E-state index >= 15 is 0 Å². The molecule has 0 spiro atoms. The molecule has 0 aliphatic carbocycles. The highest BCUT2D eigenvalue weighted by molar-refractivity contribution is 5.91. The first-order valence-corrected chi connectivity index (χ1v) is 22.2. The van der Waals surface area contributed by atoms with Crippen LogP contribution in [-0.2, 0) is 23.8 Å². The van der Waals surface area contributed by atoms with Crippen molar-refractivity contribution >= 4 is 34.8 Å². The van der Waals surface area contributed by atoms with E-state index < -0.39 is 24.3 Å². The summed E-state index contributed by atoms with van der Waals surface area (Å²) in [6.07, 6.45) is 5.46. The van der Waals surface area contributed by atoms with Gasteiger partial charge in [0.05, 0.1) is 30.6 Å². The van der Waals surface area contributed by atoms with Crippen molar-refractivity contribution in [2.45, 2.75) is 62.7 Å². The van der Waals surface area contributed by atoms with E-state index in [1.807, 2.05) is 30.6 Å². The van der Waals surface area contributed by atoms with Crippen molar-refractivity contribution in [3.63, 3.8) is 0 Å². The number of nitrogens with zero attached hydrogens (tertiary/aromatic N) is 4. The third-order valence-corrected chi connectivity index (χ3v) is 13.3. The number of likely N-dealkylation sites (tertiary alicyclic amines) is 2. The van der Waals surface area contributed by atoms with Gasteiger partial charge in [0.1, 0.15) is 23.7 Å². The number of benzene rings is 3. The summed E-state index contributed by atoms with van der Waals surface area (Å²) < 4.78 is 15.9. The minimum absolute atomic E-state index is 0.0732. The van der Waals surface area contributed by atoms with Crippen LogP contribution in [0.1, 0.15) is 62.3 Å². The van der Waals surface area contributed by atoms with Gasteiger partial charge in [0, 0.05) is 63.0 Å². The number of aromatic amines is 2. The minimum atomic E-state index is -1.23. The number of aromatic nitrogens is 4. The Morgan fingerprint density at radius 2 is 1.12 bits per heavy atom. The molecule has 4 aliphatic rings. The molecule has 5 N–H and O–H groups in total. The zero-order valence-electron chi connectivity index (χ0n) is 36.4. The number of amides is 4. The highest BCUT2D eigenvalue weighted by atomic mass is 16.5. The van der Waals surface area contributed by atoms with Crippen LogP contribution < -0.4 is 10.6 Å². The Hall–Kier alpha value is -6.78. The fraction of sp³-hybridized carbons (Fsp3) is 0.388. The molecule has 4 saturated heterocycles. The van der Waals surface area contributed by atoms with Crippen LogP contribution in [0, 0.1) is 11.8 Å². The number of imidazole rings is 2. The largest absolute Gasteiger partial charge is 0.465 e. The van der Waals surface area contributed by atoms with Gasteiger partial charge >= 0.3 is 12.2 Å². The third-order valence-electron chi connectivity index (χ3n) is 13.3. The summed E-state index contributed by atoms with van der Waals surface area (Å²) in [4.78, 5) is 72.1. The molecule has 65 heavy (non-hydrogen) atoms. The number of H-pyrrole nitrogens is 2. The molecule has 4 atom stereocenters. The fourth-order valence-corrected chi connectivity index (χ4v) is 9.82. The molecule has 5 aromatic rings. The predicted molar refractivity (Wildman–Crippen MR) is 242 cm³/mol. The molecule has 0 radical (unpaired) electrons. The first-order chi connectivity index (χ1) is 31.5. The Morgan fingerprint density at radius 3 is 1.63 bits per heavy atom. The number of alkyl carbamates (subject to hydrolysis) is 1. The lowest BCUT2D eigenvalue weighted by Crippen LogP contribution is -2.53. The Balaban J connectivity index is 0.878. The van der Waals surface area contributed by atoms with E-state index in [1.165, 1.54) is 7.11 Å². The number of rotatable bonds is 11. The van der Waals surface area contributed by atoms with Gasteiger partial charge in [-0.15, -0.1) is 0 Å². The van der Waals surface area contributed by atoms with Crippen molar-refractivity contribution in [1.82, 2.24) is 40.4 Å². The molecule has 4 aliphatic heterocycles. The van der Waals surface area contributed by atoms with Gasteiger partial charge in [0.15, 0.2) is 0 Å². The molecule has 4 amide bonds. The van der Waals surface area contributed by atoms with Crippen LogP contribution in [0.25, 0.3) is 44.4 Å². The van der Waals surface area contributed by atoms with E-state index in [0.717, 1.165) is 55.6 Å². The zero-order valence-corrected chi connectivity index (χ0v) is 36.4. The minimum Gasteiger partial charge on any atom is -0.465 e. The molecule has 6 heterocycles. The molecule has 2 aromatic heterocycles. The Kier molecular flexibility index (Phi) is 12.5. The average Bonchev–Trinajstić information content (AvgIpc) is 4.17. The molecule has 16 nitrogen and oxygen atoms in total. The smallest absolute Gasteiger partial charge is 0.407 e. The van der Waals surface area contributed by atoms with Gasteiger partial charge in [-0.25, -0.2) is 19.6 Å². The van der Waals surface area contributed by atoms with E-state index in [2.05, 4.69) is 76.2 Å². The Labute approximate surface area is 376 Å². The van der Waals surface area contributed by atoms with E-state index in [1.54, 1.807) is 9.80 Å². The number of carboxylic acid groups (broad SMARTS) is 1. The van der Waals surface area contributed by atoms with Gasteiger partial charge in [0.25, 0.3) is 0 Å². The maximum absolute atomic E-state index is 14.1. The summed E-state index contributed by atoms with van der Waals surface area (Å²) in [7, 11) is 1.29. The second kappa shape index (κ2) is 18.7. The lowest BCUT2D eigenvalue weighted by molar-refractivity contribution is -0.137. The van der Waals surface area contributed by atoms with Crippen molar-refractivity contribution in [1.29, 1.82) is 0 Å². The summed E-state index contributed by atoms with van der Waals surface area (Å²) in [6.45, 7) is 11.1. The van der Waals surface area contributed by atoms with Crippen molar-refractivity contribution in [3.05, 3.63) is 109 Å². The maximum atomic E-state index is 14.1. The lowest BCUT2D eigenvalue weighted by Gasteiger charge is -2.34. The van der Waals surface area contributed by atoms with Gasteiger partial charge in [-0.3, -0.25) is 9.59 Å². The Bertz CT molecular complexity index is 2610. The molecule has 338 valence electrons. The van der Waals surface area contributed by atoms with Gasteiger partial charge in [-0.1, -0.05) is 72.8 Å². The molecule has 9 rings (SSSR count). The second-order valence-corrected chi connectivity index (χ2v) is 17.5. The number of fused-ring (bicyclic) bond motifs is 1. The molecular weight excluding hydrogens is 829 g/mol. The summed E-state index contributed by atoms with van der Waals surface area (Å²) in [6, 6.07) is 18.4. The van der Waals surface area contributed by atoms with E-state index in [9.17, 15) is 24.3 Å². The number of carbonyl (C=O) groups excluding carboxylic acids is 3. The molecule has 0 bridgehead atoms. The van der Waals surface area contributed by atoms with Crippen LogP contribution in [-0.4, -0.2) is 118 Å². The maximum Gasteiger partial charge on any atom is 0.407 e. The molecule has 3 aromatic carbocycles. The SMILES string of the molecule is C=C1C[C@@H](c2nc(-c3ccc(-c4ccc5cc(-c6c[nH]c([C@@H]7CC(=C)CN7C(=O)C(NC(=O)OC)C7CCOCC7)n6)ccc5c4)cc3)c[nH]2)N(C(=O)C(NC(=O)O)C2CCOCC2)C1. The second-order valence-electron chi connectivity index (χ2n) is 17.5. The molecule has 4 fully saturated rings. The summed E-state index contributed by atoms with van der Waals surface area (Å²) in [5, 5.41) is 17.0. The van der Waals surface area contributed by atoms with Crippen LogP contribution in [0.2, 0.25) is 0 Å². The first-order valence-electron chi connectivity index (χ1n) is 22.2. The Morgan fingerprint density at radius 1 is 0.677 bits per heavy atom. The van der Waals surface area contributed by atoms with Crippen LogP contribution >= 0.6 is 0 Å². The van der Waals surface area contributed by atoms with Crippen molar-refractivity contribution in [2.75, 3.05) is 46.6 Å². The highest BCUT2D eigenvalue weighted by Crippen LogP contribution is 2.38. The van der Waals surface area contributed by atoms with Crippen molar-refractivity contribution in [2.24, 2.45) is 11.8 Å². The summed E-state index contributed by atoms with van der Waals surface area (Å²) in [5.41, 5.74) is 7.23. The standard InChI is InChI=1S/C49H54N8O8/c1-28-20-40(56(26-28)46(58)42(54-48(60)61)32-12-16-64-17-13-32)44-50-24-38(52-44)31-6-4-30(5-7-31)34-8-9-36-23-37(11-10-35(36)22-34)39-25-51-45(53-39)41-21-29(2)27-57(41)47(59)43(55-49(62)63-3)33-14-18-65-19-15-33/h4-11,22-25,32-33,40-43,54H,1-2,12-21,26-27H2,3H3,(H,50,52)(H,51,53)(H,55,62)(H,60,61)/t40-,41-,42?,43?/m0/s1. The van der Waals surface area contributed by atoms with Crippen LogP contribution in [0.5, 0.6) is 0 Å². The van der Waals surface area contributed by atoms with E-state index in [-0.39, 0.29) is 35.7 Å². The van der Waals surface area contributed by atoms with Crippen molar-refractivity contribution < 1.29 is 38.5 Å². The van der Waals surface area contributed by atoms with Crippen LogP contribution in [0.4, 0.5) is 9.59 Å². The normalized spacial score (nSPS) is 20.5. The van der Waals surface area contributed by atoms with Gasteiger partial charge < -0.3 is 49.7 Å². The lowest BCUT2D eigenvalue weighted by atomic mass is 9.90. The number of hydrogen-bond donors (Lipinski definition) is 5. The summed E-state index contributed by atoms with van der Waals surface area (Å²) in [5.74, 6) is 0.608. The third kappa shape index (κ3) is 9.27.